The van der Waals surface area contributed by atoms with Crippen molar-refractivity contribution in [1.82, 2.24) is 5.09 Å². The molecule has 6 nitrogen and oxygen atoms in total. The first-order valence-corrected chi connectivity index (χ1v) is 7.52. The standard InChI is InChI=1S/C12H18NO5P/c1-3-18-19(17,10-7-5-4-6-8-10)13-11(9(2)14)12(15)16/h4-9,11,14H,3H2,1-2H3,(H,13,17)(H,15,16)/t9-,11+,19?/m1/s1. The summed E-state index contributed by atoms with van der Waals surface area (Å²) in [4.78, 5) is 11.1. The Morgan fingerprint density at radius 1 is 1.42 bits per heavy atom. The van der Waals surface area contributed by atoms with E-state index in [1.165, 1.54) is 6.92 Å². The van der Waals surface area contributed by atoms with Crippen molar-refractivity contribution < 1.29 is 24.1 Å². The summed E-state index contributed by atoms with van der Waals surface area (Å²) in [7, 11) is -3.53. The van der Waals surface area contributed by atoms with Crippen LogP contribution in [0.5, 0.6) is 0 Å². The average molecular weight is 287 g/mol. The van der Waals surface area contributed by atoms with Gasteiger partial charge in [-0.2, -0.15) is 0 Å². The number of rotatable bonds is 7. The summed E-state index contributed by atoms with van der Waals surface area (Å²) in [6.07, 6.45) is -1.20. The lowest BCUT2D eigenvalue weighted by molar-refractivity contribution is -0.141. The number of hydrogen-bond donors (Lipinski definition) is 3. The summed E-state index contributed by atoms with van der Waals surface area (Å²) >= 11 is 0. The fourth-order valence-electron chi connectivity index (χ4n) is 1.54. The predicted octanol–water partition coefficient (Wildman–Crippen LogP) is 0.965. The van der Waals surface area contributed by atoms with E-state index in [0.717, 1.165) is 0 Å². The van der Waals surface area contributed by atoms with Crippen LogP contribution in [0.25, 0.3) is 0 Å². The van der Waals surface area contributed by atoms with Crippen LogP contribution < -0.4 is 10.4 Å². The zero-order valence-electron chi connectivity index (χ0n) is 10.8. The largest absolute Gasteiger partial charge is 0.480 e. The quantitative estimate of drug-likeness (QED) is 0.647. The topological polar surface area (TPSA) is 95.9 Å². The highest BCUT2D eigenvalue weighted by Gasteiger charge is 2.34. The van der Waals surface area contributed by atoms with Gasteiger partial charge in [-0.1, -0.05) is 18.2 Å². The fourth-order valence-corrected chi connectivity index (χ4v) is 3.54. The molecule has 1 aromatic carbocycles. The average Bonchev–Trinajstić information content (AvgIpc) is 2.37. The Morgan fingerprint density at radius 2 is 2.00 bits per heavy atom. The number of hydrogen-bond acceptors (Lipinski definition) is 4. The molecule has 0 aliphatic rings. The van der Waals surface area contributed by atoms with Gasteiger partial charge in [-0.25, -0.2) is 5.09 Å². The van der Waals surface area contributed by atoms with E-state index in [2.05, 4.69) is 5.09 Å². The Balaban J connectivity index is 3.07. The lowest BCUT2D eigenvalue weighted by Crippen LogP contribution is -2.44. The second kappa shape index (κ2) is 6.82. The summed E-state index contributed by atoms with van der Waals surface area (Å²) in [5.74, 6) is -1.29. The molecule has 106 valence electrons. The van der Waals surface area contributed by atoms with E-state index in [-0.39, 0.29) is 6.61 Å². The summed E-state index contributed by atoms with van der Waals surface area (Å²) in [5.41, 5.74) is 0. The number of aliphatic carboxylic acids is 1. The van der Waals surface area contributed by atoms with Crippen LogP contribution >= 0.6 is 7.52 Å². The monoisotopic (exact) mass is 287 g/mol. The van der Waals surface area contributed by atoms with E-state index < -0.39 is 25.6 Å². The van der Waals surface area contributed by atoms with Gasteiger partial charge in [-0.3, -0.25) is 9.36 Å². The Bertz CT molecular complexity index is 462. The SMILES string of the molecule is CCOP(=O)(N[C@H](C(=O)O)[C@@H](C)O)c1ccccc1. The lowest BCUT2D eigenvalue weighted by Gasteiger charge is -2.24. The van der Waals surface area contributed by atoms with Crippen molar-refractivity contribution in [1.29, 1.82) is 0 Å². The van der Waals surface area contributed by atoms with Crippen molar-refractivity contribution in [2.45, 2.75) is 26.0 Å². The van der Waals surface area contributed by atoms with Crippen LogP contribution in [-0.4, -0.2) is 34.9 Å². The molecular weight excluding hydrogens is 269 g/mol. The molecule has 0 heterocycles. The second-order valence-corrected chi connectivity index (χ2v) is 6.13. The normalized spacial score (nSPS) is 17.4. The number of aliphatic hydroxyl groups excluding tert-OH is 1. The van der Waals surface area contributed by atoms with Gasteiger partial charge >= 0.3 is 13.5 Å². The molecule has 1 unspecified atom stereocenters. The third kappa shape index (κ3) is 4.14. The number of carbonyl (C=O) groups is 1. The van der Waals surface area contributed by atoms with E-state index in [1.807, 2.05) is 0 Å². The molecule has 0 fully saturated rings. The summed E-state index contributed by atoms with van der Waals surface area (Å²) < 4.78 is 17.9. The number of aliphatic hydroxyl groups is 1. The molecule has 7 heteroatoms. The molecule has 3 atom stereocenters. The van der Waals surface area contributed by atoms with E-state index in [0.29, 0.717) is 5.30 Å². The molecule has 3 N–H and O–H groups in total. The summed E-state index contributed by atoms with van der Waals surface area (Å²) in [6.45, 7) is 3.13. The molecule has 0 aliphatic carbocycles. The van der Waals surface area contributed by atoms with Crippen molar-refractivity contribution >= 4 is 18.8 Å². The highest BCUT2D eigenvalue weighted by Crippen LogP contribution is 2.41. The van der Waals surface area contributed by atoms with E-state index >= 15 is 0 Å². The lowest BCUT2D eigenvalue weighted by atomic mass is 10.2. The van der Waals surface area contributed by atoms with Gasteiger partial charge < -0.3 is 14.7 Å². The van der Waals surface area contributed by atoms with E-state index in [1.54, 1.807) is 37.3 Å². The first kappa shape index (κ1) is 15.9. The first-order chi connectivity index (χ1) is 8.90. The van der Waals surface area contributed by atoms with Crippen molar-refractivity contribution in [3.05, 3.63) is 30.3 Å². The van der Waals surface area contributed by atoms with Crippen LogP contribution in [0.4, 0.5) is 0 Å². The highest BCUT2D eigenvalue weighted by molar-refractivity contribution is 7.65. The minimum atomic E-state index is -3.53. The molecule has 19 heavy (non-hydrogen) atoms. The fraction of sp³-hybridized carbons (Fsp3) is 0.417. The van der Waals surface area contributed by atoms with Gasteiger partial charge in [0.1, 0.15) is 6.04 Å². The maximum absolute atomic E-state index is 12.7. The molecule has 0 radical (unpaired) electrons. The van der Waals surface area contributed by atoms with Gasteiger partial charge in [0.2, 0.25) is 0 Å². The van der Waals surface area contributed by atoms with Gasteiger partial charge in [-0.05, 0) is 26.0 Å². The Morgan fingerprint density at radius 3 is 2.42 bits per heavy atom. The molecule has 0 aromatic heterocycles. The molecule has 0 amide bonds. The van der Waals surface area contributed by atoms with Crippen LogP contribution in [0.3, 0.4) is 0 Å². The number of nitrogens with one attached hydrogen (secondary N) is 1. The summed E-state index contributed by atoms with van der Waals surface area (Å²) in [5, 5.41) is 21.3. The minimum absolute atomic E-state index is 0.158. The first-order valence-electron chi connectivity index (χ1n) is 5.89. The zero-order chi connectivity index (χ0) is 14.5. The van der Waals surface area contributed by atoms with Gasteiger partial charge in [0.05, 0.1) is 18.0 Å². The van der Waals surface area contributed by atoms with E-state index in [9.17, 15) is 14.5 Å². The minimum Gasteiger partial charge on any atom is -0.480 e. The molecule has 1 rings (SSSR count). The van der Waals surface area contributed by atoms with Gasteiger partial charge in [0, 0.05) is 0 Å². The molecule has 0 bridgehead atoms. The zero-order valence-corrected chi connectivity index (χ0v) is 11.7. The van der Waals surface area contributed by atoms with Crippen molar-refractivity contribution in [3.63, 3.8) is 0 Å². The molecule has 0 aliphatic heterocycles. The maximum atomic E-state index is 12.7. The van der Waals surface area contributed by atoms with Gasteiger partial charge in [0.25, 0.3) is 0 Å². The Labute approximate surface area is 111 Å². The highest BCUT2D eigenvalue weighted by atomic mass is 31.2. The molecular formula is C12H18NO5P. The smallest absolute Gasteiger partial charge is 0.323 e. The Kier molecular flexibility index (Phi) is 5.69. The Hall–Kier alpha value is -1.20. The van der Waals surface area contributed by atoms with Crippen LogP contribution in [0.15, 0.2) is 30.3 Å². The third-order valence-corrected chi connectivity index (χ3v) is 4.68. The second-order valence-electron chi connectivity index (χ2n) is 3.99. The summed E-state index contributed by atoms with van der Waals surface area (Å²) in [6, 6.07) is 6.93. The third-order valence-electron chi connectivity index (χ3n) is 2.46. The van der Waals surface area contributed by atoms with E-state index in [4.69, 9.17) is 9.63 Å². The number of carboxylic acid groups (broad SMARTS) is 1. The number of benzene rings is 1. The van der Waals surface area contributed by atoms with Crippen molar-refractivity contribution in [2.75, 3.05) is 6.61 Å². The van der Waals surface area contributed by atoms with Gasteiger partial charge in [-0.15, -0.1) is 0 Å². The molecule has 1 aromatic rings. The van der Waals surface area contributed by atoms with Crippen LogP contribution in [-0.2, 0) is 13.9 Å². The van der Waals surface area contributed by atoms with Crippen molar-refractivity contribution in [2.24, 2.45) is 0 Å². The predicted molar refractivity (Wildman–Crippen MR) is 71.5 cm³/mol. The maximum Gasteiger partial charge on any atom is 0.323 e. The van der Waals surface area contributed by atoms with Crippen molar-refractivity contribution in [3.8, 4) is 0 Å². The molecule has 0 saturated carbocycles. The number of carboxylic acids is 1. The van der Waals surface area contributed by atoms with Crippen LogP contribution in [0.1, 0.15) is 13.8 Å². The molecule has 0 spiro atoms. The molecule has 0 saturated heterocycles. The van der Waals surface area contributed by atoms with Gasteiger partial charge in [0.15, 0.2) is 0 Å². The van der Waals surface area contributed by atoms with Crippen LogP contribution in [0.2, 0.25) is 0 Å². The van der Waals surface area contributed by atoms with Crippen LogP contribution in [0, 0.1) is 0 Å².